The number of ether oxygens (including phenoxy) is 1. The Labute approximate surface area is 122 Å². The number of aromatic carboxylic acids is 1. The maximum absolute atomic E-state index is 12.4. The standard InChI is InChI=1S/C16H19NO4/c1-5-10(3)17-8-13(16(19)20)15(18)12-7-11(21-4)6-9(2)14(12)17/h6-8,10H,5H2,1-4H3,(H,19,20). The maximum Gasteiger partial charge on any atom is 0.341 e. The van der Waals surface area contributed by atoms with Gasteiger partial charge in [0.1, 0.15) is 11.3 Å². The molecule has 0 aliphatic carbocycles. The van der Waals surface area contributed by atoms with Crippen LogP contribution in [-0.4, -0.2) is 22.8 Å². The van der Waals surface area contributed by atoms with Gasteiger partial charge in [0.15, 0.2) is 0 Å². The summed E-state index contributed by atoms with van der Waals surface area (Å²) in [5, 5.41) is 9.64. The van der Waals surface area contributed by atoms with Crippen LogP contribution in [0.15, 0.2) is 23.1 Å². The first-order valence-electron chi connectivity index (χ1n) is 6.87. The zero-order valence-electron chi connectivity index (χ0n) is 12.6. The molecule has 0 spiro atoms. The highest BCUT2D eigenvalue weighted by Crippen LogP contribution is 2.26. The third kappa shape index (κ3) is 2.51. The highest BCUT2D eigenvalue weighted by atomic mass is 16.5. The van der Waals surface area contributed by atoms with E-state index in [1.54, 1.807) is 6.07 Å². The fourth-order valence-electron chi connectivity index (χ4n) is 2.48. The average molecular weight is 289 g/mol. The van der Waals surface area contributed by atoms with E-state index >= 15 is 0 Å². The number of methoxy groups -OCH3 is 1. The van der Waals surface area contributed by atoms with Gasteiger partial charge >= 0.3 is 5.97 Å². The van der Waals surface area contributed by atoms with E-state index in [4.69, 9.17) is 4.74 Å². The normalized spacial score (nSPS) is 12.4. The van der Waals surface area contributed by atoms with Crippen molar-refractivity contribution in [3.8, 4) is 5.75 Å². The molecular formula is C16H19NO4. The van der Waals surface area contributed by atoms with Crippen molar-refractivity contribution in [3.05, 3.63) is 39.7 Å². The van der Waals surface area contributed by atoms with Gasteiger partial charge in [0, 0.05) is 12.2 Å². The third-order valence-electron chi connectivity index (χ3n) is 3.82. The predicted octanol–water partition coefficient (Wildman–Crippen LogP) is 2.99. The van der Waals surface area contributed by atoms with E-state index in [0.29, 0.717) is 11.1 Å². The van der Waals surface area contributed by atoms with Gasteiger partial charge in [-0.2, -0.15) is 0 Å². The van der Waals surface area contributed by atoms with Gasteiger partial charge in [0.25, 0.3) is 0 Å². The number of carbonyl (C=O) groups is 1. The largest absolute Gasteiger partial charge is 0.497 e. The molecule has 0 saturated carbocycles. The summed E-state index contributed by atoms with van der Waals surface area (Å²) < 4.78 is 7.06. The summed E-state index contributed by atoms with van der Waals surface area (Å²) in [6.07, 6.45) is 2.28. The van der Waals surface area contributed by atoms with Gasteiger partial charge < -0.3 is 14.4 Å². The van der Waals surface area contributed by atoms with Crippen LogP contribution in [0.1, 0.15) is 42.2 Å². The van der Waals surface area contributed by atoms with E-state index in [-0.39, 0.29) is 11.6 Å². The number of aromatic nitrogens is 1. The Kier molecular flexibility index (Phi) is 4.02. The molecule has 1 unspecified atom stereocenters. The minimum atomic E-state index is -1.21. The summed E-state index contributed by atoms with van der Waals surface area (Å²) in [5.41, 5.74) is 0.966. The number of fused-ring (bicyclic) bond motifs is 1. The van der Waals surface area contributed by atoms with Crippen molar-refractivity contribution >= 4 is 16.9 Å². The Morgan fingerprint density at radius 2 is 2.10 bits per heavy atom. The number of carboxylic acids is 1. The van der Waals surface area contributed by atoms with Crippen molar-refractivity contribution in [1.82, 2.24) is 4.57 Å². The van der Waals surface area contributed by atoms with Crippen molar-refractivity contribution in [2.75, 3.05) is 7.11 Å². The van der Waals surface area contributed by atoms with Gasteiger partial charge in [-0.3, -0.25) is 4.79 Å². The number of hydrogen-bond acceptors (Lipinski definition) is 3. The number of rotatable bonds is 4. The van der Waals surface area contributed by atoms with E-state index in [0.717, 1.165) is 17.5 Å². The number of benzene rings is 1. The summed E-state index contributed by atoms with van der Waals surface area (Å²) in [7, 11) is 1.52. The highest BCUT2D eigenvalue weighted by Gasteiger charge is 2.18. The lowest BCUT2D eigenvalue weighted by Gasteiger charge is -2.20. The van der Waals surface area contributed by atoms with Gasteiger partial charge in [0.05, 0.1) is 18.0 Å². The molecule has 1 heterocycles. The van der Waals surface area contributed by atoms with Crippen LogP contribution in [0.25, 0.3) is 10.9 Å². The molecule has 0 bridgehead atoms. The van der Waals surface area contributed by atoms with Gasteiger partial charge in [-0.15, -0.1) is 0 Å². The monoisotopic (exact) mass is 289 g/mol. The summed E-state index contributed by atoms with van der Waals surface area (Å²) in [6, 6.07) is 3.55. The van der Waals surface area contributed by atoms with Gasteiger partial charge in [-0.1, -0.05) is 6.92 Å². The number of nitrogens with zero attached hydrogens (tertiary/aromatic N) is 1. The lowest BCUT2D eigenvalue weighted by atomic mass is 10.1. The highest BCUT2D eigenvalue weighted by molar-refractivity contribution is 5.94. The van der Waals surface area contributed by atoms with Gasteiger partial charge in [0.2, 0.25) is 5.43 Å². The first kappa shape index (κ1) is 15.1. The number of pyridine rings is 1. The van der Waals surface area contributed by atoms with Crippen LogP contribution < -0.4 is 10.2 Å². The molecule has 21 heavy (non-hydrogen) atoms. The van der Waals surface area contributed by atoms with Crippen LogP contribution >= 0.6 is 0 Å². The number of aryl methyl sites for hydroxylation is 1. The number of hydrogen-bond donors (Lipinski definition) is 1. The van der Waals surface area contributed by atoms with Crippen LogP contribution in [0.5, 0.6) is 5.75 Å². The second kappa shape index (κ2) is 5.60. The topological polar surface area (TPSA) is 68.5 Å². The summed E-state index contributed by atoms with van der Waals surface area (Å²) >= 11 is 0. The molecule has 0 amide bonds. The van der Waals surface area contributed by atoms with E-state index in [1.165, 1.54) is 13.3 Å². The first-order valence-corrected chi connectivity index (χ1v) is 6.87. The molecule has 0 fully saturated rings. The molecule has 1 aromatic heterocycles. The zero-order valence-corrected chi connectivity index (χ0v) is 12.6. The van der Waals surface area contributed by atoms with Crippen LogP contribution in [-0.2, 0) is 0 Å². The molecule has 0 radical (unpaired) electrons. The molecule has 0 aliphatic heterocycles. The quantitative estimate of drug-likeness (QED) is 0.939. The summed E-state index contributed by atoms with van der Waals surface area (Å²) in [6.45, 7) is 5.91. The van der Waals surface area contributed by atoms with E-state index in [9.17, 15) is 14.7 Å². The SMILES string of the molecule is CCC(C)n1cc(C(=O)O)c(=O)c2cc(OC)cc(C)c21. The molecule has 5 nitrogen and oxygen atoms in total. The first-order chi connectivity index (χ1) is 9.90. The molecular weight excluding hydrogens is 270 g/mol. The second-order valence-electron chi connectivity index (χ2n) is 5.18. The number of carboxylic acid groups (broad SMARTS) is 1. The minimum Gasteiger partial charge on any atom is -0.497 e. The van der Waals surface area contributed by atoms with Crippen LogP contribution in [0, 0.1) is 6.92 Å². The molecule has 5 heteroatoms. The third-order valence-corrected chi connectivity index (χ3v) is 3.82. The summed E-state index contributed by atoms with van der Waals surface area (Å²) in [5.74, 6) is -0.658. The lowest BCUT2D eigenvalue weighted by Crippen LogP contribution is -2.21. The molecule has 2 rings (SSSR count). The Morgan fingerprint density at radius 1 is 1.43 bits per heavy atom. The molecule has 2 aromatic rings. The predicted molar refractivity (Wildman–Crippen MR) is 81.5 cm³/mol. The van der Waals surface area contributed by atoms with Crippen LogP contribution in [0.4, 0.5) is 0 Å². The van der Waals surface area contributed by atoms with Crippen molar-refractivity contribution in [3.63, 3.8) is 0 Å². The Bertz CT molecular complexity index is 761. The average Bonchev–Trinajstić information content (AvgIpc) is 2.46. The Hall–Kier alpha value is -2.30. The molecule has 112 valence electrons. The van der Waals surface area contributed by atoms with Gasteiger partial charge in [-0.05, 0) is 38.0 Å². The maximum atomic E-state index is 12.4. The van der Waals surface area contributed by atoms with Crippen LogP contribution in [0.3, 0.4) is 0 Å². The van der Waals surface area contributed by atoms with Crippen molar-refractivity contribution in [1.29, 1.82) is 0 Å². The lowest BCUT2D eigenvalue weighted by molar-refractivity contribution is 0.0694. The Balaban J connectivity index is 2.98. The van der Waals surface area contributed by atoms with E-state index in [2.05, 4.69) is 0 Å². The van der Waals surface area contributed by atoms with Crippen molar-refractivity contribution in [2.45, 2.75) is 33.2 Å². The fourth-order valence-corrected chi connectivity index (χ4v) is 2.48. The zero-order chi connectivity index (χ0) is 15.7. The smallest absolute Gasteiger partial charge is 0.341 e. The van der Waals surface area contributed by atoms with E-state index in [1.807, 2.05) is 31.4 Å². The second-order valence-corrected chi connectivity index (χ2v) is 5.18. The molecule has 1 atom stereocenters. The Morgan fingerprint density at radius 3 is 2.62 bits per heavy atom. The molecule has 0 saturated heterocycles. The molecule has 1 N–H and O–H groups in total. The fraction of sp³-hybridized carbons (Fsp3) is 0.375. The summed E-state index contributed by atoms with van der Waals surface area (Å²) in [4.78, 5) is 23.7. The minimum absolute atomic E-state index is 0.0956. The van der Waals surface area contributed by atoms with E-state index < -0.39 is 11.4 Å². The molecule has 0 aliphatic rings. The van der Waals surface area contributed by atoms with Crippen LogP contribution in [0.2, 0.25) is 0 Å². The van der Waals surface area contributed by atoms with Crippen molar-refractivity contribution in [2.24, 2.45) is 0 Å². The van der Waals surface area contributed by atoms with Crippen molar-refractivity contribution < 1.29 is 14.6 Å². The molecule has 1 aromatic carbocycles. The van der Waals surface area contributed by atoms with Gasteiger partial charge in [-0.25, -0.2) is 4.79 Å².